The number of carbonyl (C=O) groups excluding carboxylic acids is 1. The third-order valence-corrected chi connectivity index (χ3v) is 5.98. The molecule has 4 nitrogen and oxygen atoms in total. The van der Waals surface area contributed by atoms with Crippen LogP contribution in [0.25, 0.3) is 0 Å². The Morgan fingerprint density at radius 2 is 1.75 bits per heavy atom. The smallest absolute Gasteiger partial charge is 0.311 e. The second kappa shape index (κ2) is 4.20. The van der Waals surface area contributed by atoms with Gasteiger partial charge in [-0.2, -0.15) is 0 Å². The minimum Gasteiger partial charge on any atom is -0.469 e. The van der Waals surface area contributed by atoms with E-state index in [-0.39, 0.29) is 16.8 Å². The number of fused-ring (bicyclic) bond motifs is 2. The molecule has 2 saturated heterocycles. The van der Waals surface area contributed by atoms with Crippen LogP contribution in [0.4, 0.5) is 0 Å². The molecule has 0 spiro atoms. The van der Waals surface area contributed by atoms with Crippen LogP contribution in [-0.2, 0) is 19.0 Å². The van der Waals surface area contributed by atoms with Crippen molar-refractivity contribution >= 4 is 5.97 Å². The number of esters is 1. The van der Waals surface area contributed by atoms with Crippen molar-refractivity contribution in [2.75, 3.05) is 7.11 Å². The second-order valence-electron chi connectivity index (χ2n) is 7.67. The fraction of sp³-hybridized carbons (Fsp3) is 0.938. The number of ether oxygens (including phenoxy) is 3. The molecule has 20 heavy (non-hydrogen) atoms. The third kappa shape index (κ3) is 2.08. The number of carbonyl (C=O) groups is 1. The van der Waals surface area contributed by atoms with E-state index >= 15 is 0 Å². The highest BCUT2D eigenvalue weighted by molar-refractivity contribution is 5.77. The van der Waals surface area contributed by atoms with Crippen LogP contribution < -0.4 is 0 Å². The maximum Gasteiger partial charge on any atom is 0.311 e. The first-order valence-electron chi connectivity index (χ1n) is 7.93. The molecule has 0 amide bonds. The Hall–Kier alpha value is -0.610. The number of rotatable bonds is 3. The quantitative estimate of drug-likeness (QED) is 0.588. The van der Waals surface area contributed by atoms with Crippen molar-refractivity contribution < 1.29 is 19.0 Å². The highest BCUT2D eigenvalue weighted by Gasteiger charge is 2.58. The molecule has 112 valence electrons. The highest BCUT2D eigenvalue weighted by atomic mass is 16.6. The summed E-state index contributed by atoms with van der Waals surface area (Å²) in [5.41, 5.74) is -0.101. The van der Waals surface area contributed by atoms with E-state index in [0.717, 1.165) is 38.5 Å². The normalized spacial score (nSPS) is 52.7. The summed E-state index contributed by atoms with van der Waals surface area (Å²) >= 11 is 0. The summed E-state index contributed by atoms with van der Waals surface area (Å²) in [6.45, 7) is 2.33. The van der Waals surface area contributed by atoms with Gasteiger partial charge in [0.05, 0.1) is 36.9 Å². The molecule has 0 N–H and O–H groups in total. The van der Waals surface area contributed by atoms with Gasteiger partial charge in [-0.25, -0.2) is 0 Å². The Morgan fingerprint density at radius 3 is 2.35 bits per heavy atom. The first kappa shape index (κ1) is 13.1. The van der Waals surface area contributed by atoms with Gasteiger partial charge in [0.15, 0.2) is 0 Å². The molecule has 4 rings (SSSR count). The summed E-state index contributed by atoms with van der Waals surface area (Å²) in [6.07, 6.45) is 8.85. The fourth-order valence-electron chi connectivity index (χ4n) is 4.82. The zero-order chi connectivity index (χ0) is 14.0. The molecule has 2 heterocycles. The van der Waals surface area contributed by atoms with Crippen molar-refractivity contribution in [2.45, 2.75) is 76.3 Å². The summed E-state index contributed by atoms with van der Waals surface area (Å²) < 4.78 is 16.5. The lowest BCUT2D eigenvalue weighted by molar-refractivity contribution is -0.157. The SMILES string of the molecule is COC(=O)C1(CC2(C)CCC3OC3C2)CCC2OC2C1. The van der Waals surface area contributed by atoms with Gasteiger partial charge in [-0.1, -0.05) is 6.92 Å². The van der Waals surface area contributed by atoms with Gasteiger partial charge in [-0.05, 0) is 50.4 Å². The molecular formula is C16H24O4. The Kier molecular flexibility index (Phi) is 2.75. The Balaban J connectivity index is 1.53. The van der Waals surface area contributed by atoms with E-state index in [1.54, 1.807) is 0 Å². The zero-order valence-corrected chi connectivity index (χ0v) is 12.4. The van der Waals surface area contributed by atoms with E-state index in [9.17, 15) is 4.79 Å². The average Bonchev–Trinajstić information content (AvgIpc) is 3.30. The van der Waals surface area contributed by atoms with Crippen LogP contribution in [0, 0.1) is 10.8 Å². The second-order valence-corrected chi connectivity index (χ2v) is 7.67. The summed E-state index contributed by atoms with van der Waals surface area (Å²) in [5.74, 6) is -0.0217. The van der Waals surface area contributed by atoms with Crippen LogP contribution in [0.2, 0.25) is 0 Å². The third-order valence-electron chi connectivity index (χ3n) is 5.98. The molecule has 4 aliphatic rings. The number of methoxy groups -OCH3 is 1. The molecule has 0 aromatic carbocycles. The minimum atomic E-state index is -0.317. The molecule has 2 aliphatic carbocycles. The first-order chi connectivity index (χ1) is 9.54. The van der Waals surface area contributed by atoms with Gasteiger partial charge in [0.25, 0.3) is 0 Å². The van der Waals surface area contributed by atoms with Crippen LogP contribution in [0.1, 0.15) is 51.9 Å². The summed E-state index contributed by atoms with van der Waals surface area (Å²) in [6, 6.07) is 0. The van der Waals surface area contributed by atoms with Crippen LogP contribution in [0.3, 0.4) is 0 Å². The Bertz CT molecular complexity index is 436. The minimum absolute atomic E-state index is 0.0217. The van der Waals surface area contributed by atoms with Crippen LogP contribution in [-0.4, -0.2) is 37.5 Å². The van der Waals surface area contributed by atoms with Gasteiger partial charge < -0.3 is 14.2 Å². The van der Waals surface area contributed by atoms with Crippen molar-refractivity contribution in [3.63, 3.8) is 0 Å². The van der Waals surface area contributed by atoms with Gasteiger partial charge in [-0.15, -0.1) is 0 Å². The lowest BCUT2D eigenvalue weighted by Crippen LogP contribution is -2.42. The molecule has 0 bridgehead atoms. The molecule has 0 aromatic heterocycles. The molecule has 0 radical (unpaired) electrons. The summed E-state index contributed by atoms with van der Waals surface area (Å²) in [4.78, 5) is 12.5. The lowest BCUT2D eigenvalue weighted by Gasteiger charge is -2.42. The van der Waals surface area contributed by atoms with Crippen molar-refractivity contribution in [1.82, 2.24) is 0 Å². The summed E-state index contributed by atoms with van der Waals surface area (Å²) in [7, 11) is 1.52. The van der Waals surface area contributed by atoms with Gasteiger partial charge in [0, 0.05) is 0 Å². The molecule has 0 aromatic rings. The van der Waals surface area contributed by atoms with Crippen LogP contribution in [0.15, 0.2) is 0 Å². The van der Waals surface area contributed by atoms with Gasteiger partial charge >= 0.3 is 5.97 Å². The largest absolute Gasteiger partial charge is 0.469 e. The van der Waals surface area contributed by atoms with Crippen molar-refractivity contribution in [3.05, 3.63) is 0 Å². The monoisotopic (exact) mass is 280 g/mol. The predicted molar refractivity (Wildman–Crippen MR) is 72.2 cm³/mol. The van der Waals surface area contributed by atoms with Crippen molar-refractivity contribution in [1.29, 1.82) is 0 Å². The molecule has 4 heteroatoms. The lowest BCUT2D eigenvalue weighted by atomic mass is 9.61. The van der Waals surface area contributed by atoms with Crippen molar-refractivity contribution in [3.8, 4) is 0 Å². The molecule has 6 atom stereocenters. The highest BCUT2D eigenvalue weighted by Crippen LogP contribution is 2.56. The molecular weight excluding hydrogens is 256 g/mol. The van der Waals surface area contributed by atoms with E-state index in [1.165, 1.54) is 13.5 Å². The fourth-order valence-corrected chi connectivity index (χ4v) is 4.82. The van der Waals surface area contributed by atoms with Gasteiger partial charge in [-0.3, -0.25) is 4.79 Å². The van der Waals surface area contributed by atoms with E-state index in [0.29, 0.717) is 24.4 Å². The Labute approximate surface area is 120 Å². The number of epoxide rings is 2. The van der Waals surface area contributed by atoms with Crippen LogP contribution in [0.5, 0.6) is 0 Å². The van der Waals surface area contributed by atoms with E-state index in [4.69, 9.17) is 14.2 Å². The maximum atomic E-state index is 12.5. The van der Waals surface area contributed by atoms with Gasteiger partial charge in [0.2, 0.25) is 0 Å². The number of hydrogen-bond acceptors (Lipinski definition) is 4. The topological polar surface area (TPSA) is 51.4 Å². The number of hydrogen-bond donors (Lipinski definition) is 0. The standard InChI is InChI=1S/C16H24O4/c1-15(5-3-10-12(7-15)19-10)9-16(14(17)18-2)6-4-11-13(8-16)20-11/h10-13H,3-9H2,1-2H3. The summed E-state index contributed by atoms with van der Waals surface area (Å²) in [5, 5.41) is 0. The van der Waals surface area contributed by atoms with Crippen LogP contribution >= 0.6 is 0 Å². The molecule has 6 unspecified atom stereocenters. The van der Waals surface area contributed by atoms with Crippen molar-refractivity contribution in [2.24, 2.45) is 10.8 Å². The van der Waals surface area contributed by atoms with E-state index < -0.39 is 0 Å². The molecule has 2 saturated carbocycles. The Morgan fingerprint density at radius 1 is 1.10 bits per heavy atom. The molecule has 2 aliphatic heterocycles. The first-order valence-corrected chi connectivity index (χ1v) is 7.93. The maximum absolute atomic E-state index is 12.5. The molecule has 4 fully saturated rings. The zero-order valence-electron chi connectivity index (χ0n) is 12.4. The van der Waals surface area contributed by atoms with Gasteiger partial charge in [0.1, 0.15) is 0 Å². The predicted octanol–water partition coefficient (Wildman–Crippen LogP) is 2.44. The van der Waals surface area contributed by atoms with E-state index in [1.807, 2.05) is 0 Å². The average molecular weight is 280 g/mol. The van der Waals surface area contributed by atoms with E-state index in [2.05, 4.69) is 6.92 Å².